The van der Waals surface area contributed by atoms with Crippen LogP contribution in [0.4, 0.5) is 0 Å². The first-order chi connectivity index (χ1) is 11.1. The molecule has 4 bridgehead atoms. The predicted molar refractivity (Wildman–Crippen MR) is 93.0 cm³/mol. The third kappa shape index (κ3) is 3.18. The Labute approximate surface area is 141 Å². The Morgan fingerprint density at radius 3 is 2.17 bits per heavy atom. The van der Waals surface area contributed by atoms with Crippen LogP contribution in [0, 0.1) is 29.6 Å². The Kier molecular flexibility index (Phi) is 4.42. The Bertz CT molecular complexity index is 421. The van der Waals surface area contributed by atoms with E-state index in [1.165, 1.54) is 51.4 Å². The van der Waals surface area contributed by atoms with E-state index in [1.54, 1.807) is 0 Å². The molecule has 5 aliphatic carbocycles. The highest BCUT2D eigenvalue weighted by Gasteiger charge is 2.48. The highest BCUT2D eigenvalue weighted by atomic mass is 16.2. The van der Waals surface area contributed by atoms with Gasteiger partial charge in [0.1, 0.15) is 0 Å². The molecule has 5 aliphatic rings. The summed E-state index contributed by atoms with van der Waals surface area (Å²) in [6.07, 6.45) is 12.2. The molecule has 5 fully saturated rings. The van der Waals surface area contributed by atoms with E-state index >= 15 is 0 Å². The lowest BCUT2D eigenvalue weighted by Crippen LogP contribution is -2.59. The minimum atomic E-state index is -0.0355. The molecular weight excluding hydrogens is 284 g/mol. The molecule has 3 atom stereocenters. The zero-order valence-corrected chi connectivity index (χ0v) is 14.9. The summed E-state index contributed by atoms with van der Waals surface area (Å²) in [5.74, 6) is 4.56. The van der Waals surface area contributed by atoms with E-state index in [4.69, 9.17) is 0 Å². The molecular formula is C20H34N2O. The summed E-state index contributed by atoms with van der Waals surface area (Å²) in [7, 11) is 0. The standard InChI is InChI=1S/C20H34N2O/c1-12-5-3-4-6-18(12)22-20(23)13(2)21-19-16-8-14-7-15(10-16)11-17(19)9-14/h12-19,21H,3-11H2,1-2H3,(H,22,23)/t12-,13-,14?,15?,16?,17?,18-,19?/m1/s1. The van der Waals surface area contributed by atoms with E-state index in [1.807, 2.05) is 0 Å². The fourth-order valence-electron chi connectivity index (χ4n) is 6.40. The fraction of sp³-hybridized carbons (Fsp3) is 0.950. The van der Waals surface area contributed by atoms with E-state index in [9.17, 15) is 4.79 Å². The molecule has 130 valence electrons. The van der Waals surface area contributed by atoms with E-state index in [-0.39, 0.29) is 11.9 Å². The normalized spacial score (nSPS) is 46.6. The maximum absolute atomic E-state index is 12.6. The van der Waals surface area contributed by atoms with Crippen LogP contribution in [0.25, 0.3) is 0 Å². The maximum atomic E-state index is 12.6. The van der Waals surface area contributed by atoms with Gasteiger partial charge in [-0.05, 0) is 81.5 Å². The second kappa shape index (κ2) is 6.38. The van der Waals surface area contributed by atoms with Gasteiger partial charge >= 0.3 is 0 Å². The van der Waals surface area contributed by atoms with Gasteiger partial charge in [-0.15, -0.1) is 0 Å². The van der Waals surface area contributed by atoms with Gasteiger partial charge in [0.05, 0.1) is 6.04 Å². The number of hydrogen-bond acceptors (Lipinski definition) is 2. The van der Waals surface area contributed by atoms with Crippen LogP contribution in [0.2, 0.25) is 0 Å². The lowest BCUT2D eigenvalue weighted by molar-refractivity contribution is -0.125. The highest BCUT2D eigenvalue weighted by molar-refractivity contribution is 5.81. The summed E-state index contributed by atoms with van der Waals surface area (Å²) in [5.41, 5.74) is 0. The molecule has 5 rings (SSSR count). The topological polar surface area (TPSA) is 41.1 Å². The number of amides is 1. The molecule has 5 saturated carbocycles. The van der Waals surface area contributed by atoms with Crippen LogP contribution in [0.15, 0.2) is 0 Å². The second-order valence-corrected chi connectivity index (χ2v) is 9.22. The molecule has 0 radical (unpaired) electrons. The van der Waals surface area contributed by atoms with Gasteiger partial charge in [0, 0.05) is 12.1 Å². The third-order valence-electron chi connectivity index (χ3n) is 7.50. The first kappa shape index (κ1) is 15.9. The van der Waals surface area contributed by atoms with Gasteiger partial charge in [0.2, 0.25) is 5.91 Å². The molecule has 1 amide bonds. The summed E-state index contributed by atoms with van der Waals surface area (Å²) < 4.78 is 0. The van der Waals surface area contributed by atoms with Crippen molar-refractivity contribution >= 4 is 5.91 Å². The van der Waals surface area contributed by atoms with Crippen molar-refractivity contribution in [1.29, 1.82) is 0 Å². The Morgan fingerprint density at radius 2 is 1.57 bits per heavy atom. The summed E-state index contributed by atoms with van der Waals surface area (Å²) in [5, 5.41) is 7.09. The van der Waals surface area contributed by atoms with E-state index in [0.29, 0.717) is 18.0 Å². The molecule has 0 saturated heterocycles. The number of nitrogens with one attached hydrogen (secondary N) is 2. The van der Waals surface area contributed by atoms with Crippen molar-refractivity contribution in [3.05, 3.63) is 0 Å². The molecule has 3 nitrogen and oxygen atoms in total. The van der Waals surface area contributed by atoms with Gasteiger partial charge in [0.25, 0.3) is 0 Å². The van der Waals surface area contributed by atoms with Crippen LogP contribution in [0.1, 0.15) is 71.6 Å². The molecule has 0 aliphatic heterocycles. The van der Waals surface area contributed by atoms with Gasteiger partial charge in [-0.3, -0.25) is 4.79 Å². The van der Waals surface area contributed by atoms with Gasteiger partial charge in [-0.2, -0.15) is 0 Å². The van der Waals surface area contributed by atoms with Crippen LogP contribution >= 0.6 is 0 Å². The molecule has 0 aromatic carbocycles. The van der Waals surface area contributed by atoms with Crippen molar-refractivity contribution in [2.75, 3.05) is 0 Å². The van der Waals surface area contributed by atoms with E-state index in [2.05, 4.69) is 24.5 Å². The predicted octanol–water partition coefficient (Wildman–Crippen LogP) is 3.48. The minimum absolute atomic E-state index is 0.0355. The van der Waals surface area contributed by atoms with Crippen molar-refractivity contribution in [3.8, 4) is 0 Å². The maximum Gasteiger partial charge on any atom is 0.237 e. The van der Waals surface area contributed by atoms with Crippen molar-refractivity contribution in [1.82, 2.24) is 10.6 Å². The van der Waals surface area contributed by atoms with Crippen LogP contribution < -0.4 is 10.6 Å². The number of carbonyl (C=O) groups excluding carboxylic acids is 1. The molecule has 0 spiro atoms. The molecule has 0 heterocycles. The van der Waals surface area contributed by atoms with E-state index < -0.39 is 0 Å². The Hall–Kier alpha value is -0.570. The number of carbonyl (C=O) groups is 1. The lowest BCUT2D eigenvalue weighted by Gasteiger charge is -2.55. The Morgan fingerprint density at radius 1 is 0.957 bits per heavy atom. The fourth-order valence-corrected chi connectivity index (χ4v) is 6.40. The smallest absolute Gasteiger partial charge is 0.237 e. The second-order valence-electron chi connectivity index (χ2n) is 9.22. The van der Waals surface area contributed by atoms with Gasteiger partial charge < -0.3 is 10.6 Å². The van der Waals surface area contributed by atoms with Crippen molar-refractivity contribution in [2.45, 2.75) is 89.8 Å². The zero-order chi connectivity index (χ0) is 16.0. The first-order valence-electron chi connectivity index (χ1n) is 10.2. The highest BCUT2D eigenvalue weighted by Crippen LogP contribution is 2.53. The average molecular weight is 319 g/mol. The van der Waals surface area contributed by atoms with Crippen molar-refractivity contribution in [2.24, 2.45) is 29.6 Å². The lowest BCUT2D eigenvalue weighted by atomic mass is 9.54. The number of hydrogen-bond donors (Lipinski definition) is 2. The molecule has 3 heteroatoms. The Balaban J connectivity index is 1.32. The van der Waals surface area contributed by atoms with Gasteiger partial charge in [0.15, 0.2) is 0 Å². The van der Waals surface area contributed by atoms with Gasteiger partial charge in [-0.1, -0.05) is 19.8 Å². The van der Waals surface area contributed by atoms with Gasteiger partial charge in [-0.25, -0.2) is 0 Å². The largest absolute Gasteiger partial charge is 0.352 e. The quantitative estimate of drug-likeness (QED) is 0.833. The molecule has 23 heavy (non-hydrogen) atoms. The van der Waals surface area contributed by atoms with Crippen LogP contribution in [0.5, 0.6) is 0 Å². The third-order valence-corrected chi connectivity index (χ3v) is 7.50. The van der Waals surface area contributed by atoms with Crippen molar-refractivity contribution < 1.29 is 4.79 Å². The van der Waals surface area contributed by atoms with E-state index in [0.717, 1.165) is 30.1 Å². The molecule has 0 aromatic heterocycles. The molecule has 2 N–H and O–H groups in total. The monoisotopic (exact) mass is 318 g/mol. The molecule has 0 unspecified atom stereocenters. The minimum Gasteiger partial charge on any atom is -0.352 e. The SMILES string of the molecule is C[C@@H]1CCCC[C@H]1NC(=O)[C@@H](C)NC1C2CC3CC(C2)CC1C3. The average Bonchev–Trinajstić information content (AvgIpc) is 2.52. The summed E-state index contributed by atoms with van der Waals surface area (Å²) in [4.78, 5) is 12.6. The first-order valence-corrected chi connectivity index (χ1v) is 10.2. The van der Waals surface area contributed by atoms with Crippen LogP contribution in [0.3, 0.4) is 0 Å². The number of rotatable bonds is 4. The summed E-state index contributed by atoms with van der Waals surface area (Å²) in [6.45, 7) is 4.37. The zero-order valence-electron chi connectivity index (χ0n) is 14.9. The van der Waals surface area contributed by atoms with Crippen LogP contribution in [-0.4, -0.2) is 24.0 Å². The molecule has 0 aromatic rings. The summed E-state index contributed by atoms with van der Waals surface area (Å²) >= 11 is 0. The van der Waals surface area contributed by atoms with Crippen LogP contribution in [-0.2, 0) is 4.79 Å². The van der Waals surface area contributed by atoms with Crippen molar-refractivity contribution in [3.63, 3.8) is 0 Å². The summed E-state index contributed by atoms with van der Waals surface area (Å²) in [6, 6.07) is 0.970.